The molecular formula is C13H16N4O2S2. The van der Waals surface area contributed by atoms with Crippen LogP contribution in [-0.4, -0.2) is 29.7 Å². The Morgan fingerprint density at radius 3 is 2.81 bits per heavy atom. The normalized spacial score (nSPS) is 11.5. The van der Waals surface area contributed by atoms with Crippen LogP contribution >= 0.6 is 12.2 Å². The summed E-state index contributed by atoms with van der Waals surface area (Å²) in [4.78, 5) is 0.448. The van der Waals surface area contributed by atoms with Crippen molar-refractivity contribution in [1.29, 1.82) is 0 Å². The zero-order valence-electron chi connectivity index (χ0n) is 11.5. The molecule has 21 heavy (non-hydrogen) atoms. The molecule has 0 radical (unpaired) electrons. The molecule has 2 rings (SSSR count). The third kappa shape index (κ3) is 3.87. The highest BCUT2D eigenvalue weighted by Gasteiger charge is 2.15. The van der Waals surface area contributed by atoms with Crippen LogP contribution in [0, 0.1) is 6.92 Å². The van der Waals surface area contributed by atoms with Gasteiger partial charge in [0, 0.05) is 24.5 Å². The lowest BCUT2D eigenvalue weighted by molar-refractivity contribution is 0.561. The van der Waals surface area contributed by atoms with Crippen molar-refractivity contribution < 1.29 is 8.42 Å². The number of hydrogen-bond acceptors (Lipinski definition) is 4. The average Bonchev–Trinajstić information content (AvgIpc) is 2.91. The maximum atomic E-state index is 12.2. The molecule has 1 heterocycles. The first-order chi connectivity index (χ1) is 9.90. The van der Waals surface area contributed by atoms with Crippen LogP contribution in [-0.2, 0) is 16.6 Å². The monoisotopic (exact) mass is 324 g/mol. The fourth-order valence-electron chi connectivity index (χ4n) is 1.89. The average molecular weight is 324 g/mol. The van der Waals surface area contributed by atoms with Crippen molar-refractivity contribution >= 4 is 27.2 Å². The first kappa shape index (κ1) is 15.6. The van der Waals surface area contributed by atoms with Gasteiger partial charge >= 0.3 is 0 Å². The molecular weight excluding hydrogens is 308 g/mol. The number of sulfonamides is 1. The summed E-state index contributed by atoms with van der Waals surface area (Å²) in [5, 5.41) is 4.01. The van der Waals surface area contributed by atoms with Gasteiger partial charge in [-0.2, -0.15) is 5.10 Å². The van der Waals surface area contributed by atoms with Crippen LogP contribution in [0.4, 0.5) is 0 Å². The van der Waals surface area contributed by atoms with Crippen molar-refractivity contribution in [2.45, 2.75) is 18.4 Å². The molecule has 0 aliphatic carbocycles. The van der Waals surface area contributed by atoms with Crippen LogP contribution in [0.3, 0.4) is 0 Å². The van der Waals surface area contributed by atoms with E-state index < -0.39 is 10.0 Å². The summed E-state index contributed by atoms with van der Waals surface area (Å²) in [7, 11) is -3.55. The molecule has 0 saturated heterocycles. The number of hydrogen-bond donors (Lipinski definition) is 2. The van der Waals surface area contributed by atoms with E-state index >= 15 is 0 Å². The predicted octanol–water partition coefficient (Wildman–Crippen LogP) is 0.804. The van der Waals surface area contributed by atoms with Crippen molar-refractivity contribution in [3.63, 3.8) is 0 Å². The van der Waals surface area contributed by atoms with E-state index in [0.717, 1.165) is 5.56 Å². The lowest BCUT2D eigenvalue weighted by Gasteiger charge is -2.10. The van der Waals surface area contributed by atoms with Crippen LogP contribution in [0.15, 0.2) is 41.6 Å². The van der Waals surface area contributed by atoms with Crippen molar-refractivity contribution in [3.8, 4) is 0 Å². The molecule has 3 N–H and O–H groups in total. The number of rotatable bonds is 6. The smallest absolute Gasteiger partial charge is 0.240 e. The largest absolute Gasteiger partial charge is 0.389 e. The van der Waals surface area contributed by atoms with Crippen molar-refractivity contribution in [1.82, 2.24) is 14.5 Å². The second-order valence-electron chi connectivity index (χ2n) is 4.51. The van der Waals surface area contributed by atoms with Gasteiger partial charge in [0.25, 0.3) is 0 Å². The van der Waals surface area contributed by atoms with Gasteiger partial charge in [0.05, 0.1) is 11.4 Å². The Labute approximate surface area is 129 Å². The van der Waals surface area contributed by atoms with Crippen molar-refractivity contribution in [3.05, 3.63) is 47.8 Å². The minimum absolute atomic E-state index is 0.195. The molecule has 0 aliphatic rings. The zero-order chi connectivity index (χ0) is 15.5. The van der Waals surface area contributed by atoms with Gasteiger partial charge in [-0.05, 0) is 30.7 Å². The number of aromatic nitrogens is 2. The number of benzene rings is 1. The number of nitrogens with one attached hydrogen (secondary N) is 1. The summed E-state index contributed by atoms with van der Waals surface area (Å²) in [6.07, 6.45) is 3.42. The van der Waals surface area contributed by atoms with Crippen LogP contribution in [0.2, 0.25) is 0 Å². The Bertz CT molecular complexity index is 740. The van der Waals surface area contributed by atoms with Gasteiger partial charge in [-0.3, -0.25) is 4.68 Å². The molecule has 0 unspecified atom stereocenters. The predicted molar refractivity (Wildman–Crippen MR) is 84.5 cm³/mol. The minimum atomic E-state index is -3.55. The van der Waals surface area contributed by atoms with E-state index in [2.05, 4.69) is 9.82 Å². The number of nitrogens with two attached hydrogens (primary N) is 1. The molecule has 112 valence electrons. The highest BCUT2D eigenvalue weighted by atomic mass is 32.2. The Kier molecular flexibility index (Phi) is 4.71. The second-order valence-corrected chi connectivity index (χ2v) is 6.71. The number of thiocarbonyl (C=S) groups is 1. The second kappa shape index (κ2) is 6.33. The van der Waals surface area contributed by atoms with E-state index in [9.17, 15) is 8.42 Å². The molecule has 0 aliphatic heterocycles. The van der Waals surface area contributed by atoms with Gasteiger partial charge in [-0.15, -0.1) is 0 Å². The summed E-state index contributed by atoms with van der Waals surface area (Å²) in [6.45, 7) is 2.51. The molecule has 1 aromatic carbocycles. The molecule has 0 bridgehead atoms. The Morgan fingerprint density at radius 1 is 1.48 bits per heavy atom. The SMILES string of the molecule is Cc1cc(S(=O)(=O)NCCn2cccn2)ccc1C(N)=S. The summed E-state index contributed by atoms with van der Waals surface area (Å²) < 4.78 is 28.6. The molecule has 8 heteroatoms. The molecule has 0 atom stereocenters. The maximum Gasteiger partial charge on any atom is 0.240 e. The van der Waals surface area contributed by atoms with E-state index in [1.54, 1.807) is 42.2 Å². The molecule has 2 aromatic rings. The van der Waals surface area contributed by atoms with Gasteiger partial charge in [-0.25, -0.2) is 13.1 Å². The quantitative estimate of drug-likeness (QED) is 0.767. The summed E-state index contributed by atoms with van der Waals surface area (Å²) >= 11 is 4.90. The van der Waals surface area contributed by atoms with E-state index in [1.807, 2.05) is 0 Å². The highest BCUT2D eigenvalue weighted by Crippen LogP contribution is 2.15. The molecule has 1 aromatic heterocycles. The lowest BCUT2D eigenvalue weighted by Crippen LogP contribution is -2.27. The molecule has 0 saturated carbocycles. The van der Waals surface area contributed by atoms with Gasteiger partial charge in [0.2, 0.25) is 10.0 Å². The molecule has 0 amide bonds. The Morgan fingerprint density at radius 2 is 2.24 bits per heavy atom. The molecule has 6 nitrogen and oxygen atoms in total. The van der Waals surface area contributed by atoms with E-state index in [1.165, 1.54) is 6.07 Å². The fourth-order valence-corrected chi connectivity index (χ4v) is 3.23. The first-order valence-electron chi connectivity index (χ1n) is 6.28. The Hall–Kier alpha value is -1.77. The summed E-state index contributed by atoms with van der Waals surface area (Å²) in [5.41, 5.74) is 6.98. The van der Waals surface area contributed by atoms with Gasteiger partial charge in [0.15, 0.2) is 0 Å². The maximum absolute atomic E-state index is 12.2. The number of aryl methyl sites for hydroxylation is 1. The highest BCUT2D eigenvalue weighted by molar-refractivity contribution is 7.89. The van der Waals surface area contributed by atoms with Gasteiger partial charge in [-0.1, -0.05) is 18.3 Å². The third-order valence-corrected chi connectivity index (χ3v) is 4.64. The molecule has 0 fully saturated rings. The zero-order valence-corrected chi connectivity index (χ0v) is 13.1. The van der Waals surface area contributed by atoms with Crippen LogP contribution in [0.5, 0.6) is 0 Å². The van der Waals surface area contributed by atoms with E-state index in [0.29, 0.717) is 12.1 Å². The molecule has 0 spiro atoms. The Balaban J connectivity index is 2.08. The van der Waals surface area contributed by atoms with Crippen LogP contribution in [0.1, 0.15) is 11.1 Å². The summed E-state index contributed by atoms with van der Waals surface area (Å²) in [5.74, 6) is 0. The van der Waals surface area contributed by atoms with Crippen molar-refractivity contribution in [2.75, 3.05) is 6.54 Å². The summed E-state index contributed by atoms with van der Waals surface area (Å²) in [6, 6.07) is 6.47. The fraction of sp³-hybridized carbons (Fsp3) is 0.231. The topological polar surface area (TPSA) is 90.0 Å². The first-order valence-corrected chi connectivity index (χ1v) is 8.17. The van der Waals surface area contributed by atoms with Crippen LogP contribution in [0.25, 0.3) is 0 Å². The third-order valence-electron chi connectivity index (χ3n) is 2.97. The van der Waals surface area contributed by atoms with E-state index in [4.69, 9.17) is 18.0 Å². The standard InChI is InChI=1S/C13H16N4O2S2/c1-10-9-11(3-4-12(10)13(14)20)21(18,19)16-6-8-17-7-2-5-15-17/h2-5,7,9,16H,6,8H2,1H3,(H2,14,20). The number of nitrogens with zero attached hydrogens (tertiary/aromatic N) is 2. The van der Waals surface area contributed by atoms with Crippen LogP contribution < -0.4 is 10.5 Å². The van der Waals surface area contributed by atoms with Gasteiger partial charge in [0.1, 0.15) is 4.99 Å². The lowest BCUT2D eigenvalue weighted by atomic mass is 10.1. The minimum Gasteiger partial charge on any atom is -0.389 e. The van der Waals surface area contributed by atoms with Gasteiger partial charge < -0.3 is 5.73 Å². The van der Waals surface area contributed by atoms with Crippen molar-refractivity contribution in [2.24, 2.45) is 5.73 Å². The van der Waals surface area contributed by atoms with E-state index in [-0.39, 0.29) is 16.4 Å².